The summed E-state index contributed by atoms with van der Waals surface area (Å²) in [7, 11) is 1.49. The highest BCUT2D eigenvalue weighted by Crippen LogP contribution is 2.14. The van der Waals surface area contributed by atoms with Gasteiger partial charge in [0.15, 0.2) is 0 Å². The fourth-order valence-electron chi connectivity index (χ4n) is 2.38. The van der Waals surface area contributed by atoms with Gasteiger partial charge in [-0.3, -0.25) is 9.69 Å². The van der Waals surface area contributed by atoms with Crippen molar-refractivity contribution in [2.45, 2.75) is 26.3 Å². The molecular formula is C15H24FN3O. The van der Waals surface area contributed by atoms with Crippen LogP contribution in [0.2, 0.25) is 0 Å². The van der Waals surface area contributed by atoms with E-state index in [1.807, 2.05) is 0 Å². The highest BCUT2D eigenvalue weighted by atomic mass is 19.1. The number of rotatable bonds is 7. The first-order valence-corrected chi connectivity index (χ1v) is 7.01. The van der Waals surface area contributed by atoms with Crippen molar-refractivity contribution in [2.75, 3.05) is 26.7 Å². The number of hydrogen-bond acceptors (Lipinski definition) is 3. The van der Waals surface area contributed by atoms with Crippen LogP contribution in [-0.2, 0) is 6.42 Å². The number of amides is 1. The van der Waals surface area contributed by atoms with Gasteiger partial charge in [-0.2, -0.15) is 0 Å². The first kappa shape index (κ1) is 16.6. The number of carbonyl (C=O) groups excluding carboxylic acids is 1. The largest absolute Gasteiger partial charge is 0.355 e. The van der Waals surface area contributed by atoms with Crippen molar-refractivity contribution in [3.8, 4) is 0 Å². The Morgan fingerprint density at radius 2 is 2.05 bits per heavy atom. The molecule has 0 saturated heterocycles. The van der Waals surface area contributed by atoms with Crippen LogP contribution in [0, 0.1) is 5.82 Å². The average molecular weight is 281 g/mol. The standard InChI is InChI=1S/C15H24FN3O/c1-4-19(5-2)12(10-17)8-11-6-7-13(14(16)9-11)15(20)18-3/h6-7,9,12H,4-5,8,10,17H2,1-3H3,(H,18,20)/t12-/m0/s1. The molecule has 0 bridgehead atoms. The van der Waals surface area contributed by atoms with Crippen LogP contribution in [0.25, 0.3) is 0 Å². The molecule has 1 amide bonds. The molecule has 0 fully saturated rings. The molecule has 0 radical (unpaired) electrons. The van der Waals surface area contributed by atoms with Gasteiger partial charge in [0.05, 0.1) is 5.56 Å². The van der Waals surface area contributed by atoms with Crippen LogP contribution in [0.5, 0.6) is 0 Å². The van der Waals surface area contributed by atoms with Gasteiger partial charge in [-0.25, -0.2) is 4.39 Å². The minimum absolute atomic E-state index is 0.0726. The summed E-state index contributed by atoms with van der Waals surface area (Å²) >= 11 is 0. The van der Waals surface area contributed by atoms with Crippen LogP contribution >= 0.6 is 0 Å². The minimum atomic E-state index is -0.489. The Labute approximate surface area is 120 Å². The van der Waals surface area contributed by atoms with Crippen molar-refractivity contribution in [3.05, 3.63) is 35.1 Å². The lowest BCUT2D eigenvalue weighted by molar-refractivity contribution is 0.0959. The van der Waals surface area contributed by atoms with E-state index in [2.05, 4.69) is 24.1 Å². The third-order valence-electron chi connectivity index (χ3n) is 3.58. The van der Waals surface area contributed by atoms with E-state index >= 15 is 0 Å². The van der Waals surface area contributed by atoms with E-state index in [4.69, 9.17) is 5.73 Å². The number of halogens is 1. The Morgan fingerprint density at radius 3 is 2.50 bits per heavy atom. The quantitative estimate of drug-likeness (QED) is 0.794. The van der Waals surface area contributed by atoms with Gasteiger partial charge in [0.1, 0.15) is 5.82 Å². The maximum absolute atomic E-state index is 13.9. The molecule has 1 rings (SSSR count). The van der Waals surface area contributed by atoms with Crippen LogP contribution in [0.4, 0.5) is 4.39 Å². The number of hydrogen-bond donors (Lipinski definition) is 2. The summed E-state index contributed by atoms with van der Waals surface area (Å²) < 4.78 is 13.9. The first-order valence-electron chi connectivity index (χ1n) is 7.01. The van der Waals surface area contributed by atoms with Gasteiger partial charge >= 0.3 is 0 Å². The molecule has 0 aliphatic rings. The molecule has 0 aliphatic heterocycles. The maximum Gasteiger partial charge on any atom is 0.253 e. The molecule has 4 nitrogen and oxygen atoms in total. The molecule has 1 aromatic rings. The van der Waals surface area contributed by atoms with Gasteiger partial charge in [0.25, 0.3) is 5.91 Å². The molecule has 5 heteroatoms. The van der Waals surface area contributed by atoms with Crippen molar-refractivity contribution in [1.82, 2.24) is 10.2 Å². The van der Waals surface area contributed by atoms with Crippen LogP contribution in [0.3, 0.4) is 0 Å². The highest BCUT2D eigenvalue weighted by Gasteiger charge is 2.16. The minimum Gasteiger partial charge on any atom is -0.355 e. The summed E-state index contributed by atoms with van der Waals surface area (Å²) in [5.74, 6) is -0.898. The Kier molecular flexibility index (Phi) is 6.61. The third kappa shape index (κ3) is 4.02. The summed E-state index contributed by atoms with van der Waals surface area (Å²) in [6.45, 7) is 6.53. The number of nitrogens with one attached hydrogen (secondary N) is 1. The van der Waals surface area contributed by atoms with E-state index in [9.17, 15) is 9.18 Å². The third-order valence-corrected chi connectivity index (χ3v) is 3.58. The zero-order valence-electron chi connectivity index (χ0n) is 12.4. The molecule has 3 N–H and O–H groups in total. The SMILES string of the molecule is CCN(CC)[C@H](CN)Cc1ccc(C(=O)NC)c(F)c1. The first-order chi connectivity index (χ1) is 9.57. The van der Waals surface area contributed by atoms with E-state index in [0.29, 0.717) is 13.0 Å². The lowest BCUT2D eigenvalue weighted by atomic mass is 10.0. The predicted molar refractivity (Wildman–Crippen MR) is 79.3 cm³/mol. The van der Waals surface area contributed by atoms with Gasteiger partial charge in [-0.05, 0) is 37.2 Å². The molecule has 0 aromatic heterocycles. The highest BCUT2D eigenvalue weighted by molar-refractivity contribution is 5.94. The molecule has 0 aliphatic carbocycles. The monoisotopic (exact) mass is 281 g/mol. The summed E-state index contributed by atoms with van der Waals surface area (Å²) in [5.41, 5.74) is 6.74. The van der Waals surface area contributed by atoms with Gasteiger partial charge < -0.3 is 11.1 Å². The second-order valence-electron chi connectivity index (χ2n) is 4.71. The molecule has 0 saturated carbocycles. The van der Waals surface area contributed by atoms with E-state index < -0.39 is 11.7 Å². The fourth-order valence-corrected chi connectivity index (χ4v) is 2.38. The molecule has 0 heterocycles. The average Bonchev–Trinajstić information content (AvgIpc) is 2.46. The Hall–Kier alpha value is -1.46. The van der Waals surface area contributed by atoms with E-state index in [0.717, 1.165) is 18.7 Å². The lowest BCUT2D eigenvalue weighted by Crippen LogP contribution is -2.41. The molecular weight excluding hydrogens is 257 g/mol. The predicted octanol–water partition coefficient (Wildman–Crippen LogP) is 1.40. The second-order valence-corrected chi connectivity index (χ2v) is 4.71. The zero-order chi connectivity index (χ0) is 15.1. The molecule has 1 aromatic carbocycles. The Balaban J connectivity index is 2.87. The van der Waals surface area contributed by atoms with Crippen molar-refractivity contribution < 1.29 is 9.18 Å². The van der Waals surface area contributed by atoms with Gasteiger partial charge in [0, 0.05) is 19.6 Å². The number of carbonyl (C=O) groups is 1. The summed E-state index contributed by atoms with van der Waals surface area (Å²) in [6.07, 6.45) is 0.684. The number of benzene rings is 1. The summed E-state index contributed by atoms with van der Waals surface area (Å²) in [5, 5.41) is 2.42. The fraction of sp³-hybridized carbons (Fsp3) is 0.533. The van der Waals surface area contributed by atoms with Crippen molar-refractivity contribution in [1.29, 1.82) is 0 Å². The Bertz CT molecular complexity index is 447. The van der Waals surface area contributed by atoms with Crippen LogP contribution in [0.1, 0.15) is 29.8 Å². The van der Waals surface area contributed by atoms with Gasteiger partial charge in [0.2, 0.25) is 0 Å². The van der Waals surface area contributed by atoms with E-state index in [1.165, 1.54) is 19.2 Å². The van der Waals surface area contributed by atoms with Crippen molar-refractivity contribution >= 4 is 5.91 Å². The van der Waals surface area contributed by atoms with Crippen LogP contribution in [0.15, 0.2) is 18.2 Å². The molecule has 0 spiro atoms. The zero-order valence-corrected chi connectivity index (χ0v) is 12.4. The topological polar surface area (TPSA) is 58.4 Å². The molecule has 0 unspecified atom stereocenters. The summed E-state index contributed by atoms with van der Waals surface area (Å²) in [4.78, 5) is 13.7. The lowest BCUT2D eigenvalue weighted by Gasteiger charge is -2.28. The number of nitrogens with zero attached hydrogens (tertiary/aromatic N) is 1. The van der Waals surface area contributed by atoms with Crippen molar-refractivity contribution in [3.63, 3.8) is 0 Å². The van der Waals surface area contributed by atoms with E-state index in [1.54, 1.807) is 6.07 Å². The summed E-state index contributed by atoms with van der Waals surface area (Å²) in [6, 6.07) is 4.94. The smallest absolute Gasteiger partial charge is 0.253 e. The van der Waals surface area contributed by atoms with Crippen molar-refractivity contribution in [2.24, 2.45) is 5.73 Å². The van der Waals surface area contributed by atoms with Gasteiger partial charge in [-0.1, -0.05) is 19.9 Å². The van der Waals surface area contributed by atoms with Crippen LogP contribution in [-0.4, -0.2) is 43.5 Å². The molecule has 20 heavy (non-hydrogen) atoms. The molecule has 1 atom stereocenters. The van der Waals surface area contributed by atoms with Gasteiger partial charge in [-0.15, -0.1) is 0 Å². The molecule has 112 valence electrons. The second kappa shape index (κ2) is 7.97. The van der Waals surface area contributed by atoms with E-state index in [-0.39, 0.29) is 11.6 Å². The maximum atomic E-state index is 13.9. The Morgan fingerprint density at radius 1 is 1.40 bits per heavy atom. The number of nitrogens with two attached hydrogens (primary N) is 1. The normalized spacial score (nSPS) is 12.5. The number of likely N-dealkylation sites (N-methyl/N-ethyl adjacent to an activating group) is 1. The van der Waals surface area contributed by atoms with Crippen LogP contribution < -0.4 is 11.1 Å².